The van der Waals surface area contributed by atoms with Crippen LogP contribution < -0.4 is 10.2 Å². The molecule has 4 heteroatoms. The number of anilines is 1. The number of nitrogens with zero attached hydrogens (tertiary/aromatic N) is 1. The van der Waals surface area contributed by atoms with E-state index in [9.17, 15) is 4.79 Å². The molecule has 0 fully saturated rings. The number of benzene rings is 2. The molecule has 2 aromatic carbocycles. The van der Waals surface area contributed by atoms with E-state index < -0.39 is 0 Å². The van der Waals surface area contributed by atoms with Crippen LogP contribution in [0.25, 0.3) is 0 Å². The molecule has 0 atom stereocenters. The first kappa shape index (κ1) is 19.2. The lowest BCUT2D eigenvalue weighted by Gasteiger charge is -2.23. The summed E-state index contributed by atoms with van der Waals surface area (Å²) in [5.74, 6) is 0.192. The lowest BCUT2D eigenvalue weighted by molar-refractivity contribution is -0.118. The standard InChI is InChI=1S/C19H24N2O.ClH/c1-20-15-8-13-19(22)21(18-11-6-3-7-12-18)16-14-17-9-4-2-5-10-17;/h2-7,9-12,20H,8,13-16H2,1H3;1H. The van der Waals surface area contributed by atoms with Gasteiger partial charge in [-0.15, -0.1) is 12.4 Å². The molecule has 1 amide bonds. The molecule has 0 aliphatic carbocycles. The molecule has 0 bridgehead atoms. The molecule has 0 heterocycles. The molecule has 1 N–H and O–H groups in total. The van der Waals surface area contributed by atoms with Gasteiger partial charge in [0, 0.05) is 18.7 Å². The quantitative estimate of drug-likeness (QED) is 0.748. The van der Waals surface area contributed by atoms with Crippen molar-refractivity contribution in [2.45, 2.75) is 19.3 Å². The highest BCUT2D eigenvalue weighted by Crippen LogP contribution is 2.16. The molecular weight excluding hydrogens is 308 g/mol. The first-order chi connectivity index (χ1) is 10.8. The molecule has 2 aromatic rings. The van der Waals surface area contributed by atoms with Crippen LogP contribution in [0.5, 0.6) is 0 Å². The van der Waals surface area contributed by atoms with Gasteiger partial charge in [-0.05, 0) is 44.1 Å². The molecule has 23 heavy (non-hydrogen) atoms. The van der Waals surface area contributed by atoms with Crippen LogP contribution in [0, 0.1) is 0 Å². The molecule has 0 spiro atoms. The van der Waals surface area contributed by atoms with E-state index in [2.05, 4.69) is 17.4 Å². The molecule has 0 aromatic heterocycles. The number of hydrogen-bond acceptors (Lipinski definition) is 2. The first-order valence-corrected chi connectivity index (χ1v) is 7.85. The topological polar surface area (TPSA) is 32.3 Å². The second-order valence-electron chi connectivity index (χ2n) is 5.32. The Morgan fingerprint density at radius 2 is 1.61 bits per heavy atom. The van der Waals surface area contributed by atoms with E-state index in [0.29, 0.717) is 13.0 Å². The molecule has 0 saturated carbocycles. The fourth-order valence-electron chi connectivity index (χ4n) is 2.44. The maximum absolute atomic E-state index is 12.5. The zero-order valence-corrected chi connectivity index (χ0v) is 14.4. The van der Waals surface area contributed by atoms with E-state index in [1.807, 2.05) is 60.5 Å². The fourth-order valence-corrected chi connectivity index (χ4v) is 2.44. The minimum atomic E-state index is 0. The van der Waals surface area contributed by atoms with Gasteiger partial charge in [0.15, 0.2) is 0 Å². The average molecular weight is 333 g/mol. The van der Waals surface area contributed by atoms with Crippen molar-refractivity contribution in [3.63, 3.8) is 0 Å². The van der Waals surface area contributed by atoms with Crippen molar-refractivity contribution >= 4 is 24.0 Å². The summed E-state index contributed by atoms with van der Waals surface area (Å²) in [5.41, 5.74) is 2.24. The van der Waals surface area contributed by atoms with Crippen molar-refractivity contribution in [3.05, 3.63) is 66.2 Å². The number of carbonyl (C=O) groups is 1. The SMILES string of the molecule is CNCCCC(=O)N(CCc1ccccc1)c1ccccc1.Cl. The van der Waals surface area contributed by atoms with Crippen molar-refractivity contribution in [1.82, 2.24) is 5.32 Å². The maximum Gasteiger partial charge on any atom is 0.227 e. The van der Waals surface area contributed by atoms with Crippen LogP contribution >= 0.6 is 12.4 Å². The smallest absolute Gasteiger partial charge is 0.227 e. The highest BCUT2D eigenvalue weighted by atomic mass is 35.5. The van der Waals surface area contributed by atoms with Gasteiger partial charge in [0.25, 0.3) is 0 Å². The molecule has 0 unspecified atom stereocenters. The van der Waals surface area contributed by atoms with Gasteiger partial charge in [0.2, 0.25) is 5.91 Å². The lowest BCUT2D eigenvalue weighted by Crippen LogP contribution is -2.33. The molecule has 0 aliphatic rings. The summed E-state index contributed by atoms with van der Waals surface area (Å²) >= 11 is 0. The number of hydrogen-bond donors (Lipinski definition) is 1. The highest BCUT2D eigenvalue weighted by Gasteiger charge is 2.14. The third-order valence-corrected chi connectivity index (χ3v) is 3.65. The number of halogens is 1. The summed E-state index contributed by atoms with van der Waals surface area (Å²) < 4.78 is 0. The number of amides is 1. The Hall–Kier alpha value is -1.84. The fraction of sp³-hybridized carbons (Fsp3) is 0.316. The summed E-state index contributed by atoms with van der Waals surface area (Å²) in [6.45, 7) is 1.58. The van der Waals surface area contributed by atoms with Gasteiger partial charge < -0.3 is 10.2 Å². The molecule has 0 radical (unpaired) electrons. The predicted molar refractivity (Wildman–Crippen MR) is 99.3 cm³/mol. The van der Waals surface area contributed by atoms with Crippen LogP contribution in [0.1, 0.15) is 18.4 Å². The third-order valence-electron chi connectivity index (χ3n) is 3.65. The van der Waals surface area contributed by atoms with Crippen LogP contribution in [-0.4, -0.2) is 26.0 Å². The Morgan fingerprint density at radius 3 is 2.22 bits per heavy atom. The highest BCUT2D eigenvalue weighted by molar-refractivity contribution is 5.93. The summed E-state index contributed by atoms with van der Waals surface area (Å²) in [7, 11) is 1.91. The minimum absolute atomic E-state index is 0. The van der Waals surface area contributed by atoms with Gasteiger partial charge in [-0.3, -0.25) is 4.79 Å². The normalized spacial score (nSPS) is 9.96. The van der Waals surface area contributed by atoms with Crippen LogP contribution in [-0.2, 0) is 11.2 Å². The summed E-state index contributed by atoms with van der Waals surface area (Å²) in [6, 6.07) is 20.2. The van der Waals surface area contributed by atoms with Crippen molar-refractivity contribution in [1.29, 1.82) is 0 Å². The van der Waals surface area contributed by atoms with Gasteiger partial charge >= 0.3 is 0 Å². The largest absolute Gasteiger partial charge is 0.320 e. The summed E-state index contributed by atoms with van der Waals surface area (Å²) in [6.07, 6.45) is 2.31. The molecule has 3 nitrogen and oxygen atoms in total. The first-order valence-electron chi connectivity index (χ1n) is 7.85. The third kappa shape index (κ3) is 6.43. The summed E-state index contributed by atoms with van der Waals surface area (Å²) in [5, 5.41) is 3.09. The van der Waals surface area contributed by atoms with Crippen LogP contribution in [0.2, 0.25) is 0 Å². The Kier molecular flexibility index (Phi) is 9.03. The van der Waals surface area contributed by atoms with Crippen molar-refractivity contribution < 1.29 is 4.79 Å². The minimum Gasteiger partial charge on any atom is -0.320 e. The number of para-hydroxylation sites is 1. The zero-order chi connectivity index (χ0) is 15.6. The number of carbonyl (C=O) groups excluding carboxylic acids is 1. The zero-order valence-electron chi connectivity index (χ0n) is 13.6. The van der Waals surface area contributed by atoms with Gasteiger partial charge in [-0.25, -0.2) is 0 Å². The number of nitrogens with one attached hydrogen (secondary N) is 1. The molecule has 2 rings (SSSR count). The Labute approximate surface area is 145 Å². The van der Waals surface area contributed by atoms with E-state index in [1.165, 1.54) is 5.56 Å². The molecular formula is C19H25ClN2O. The van der Waals surface area contributed by atoms with E-state index in [0.717, 1.165) is 25.1 Å². The molecule has 124 valence electrons. The van der Waals surface area contributed by atoms with E-state index in [4.69, 9.17) is 0 Å². The van der Waals surface area contributed by atoms with Crippen molar-refractivity contribution in [2.75, 3.05) is 25.0 Å². The Morgan fingerprint density at radius 1 is 1.00 bits per heavy atom. The van der Waals surface area contributed by atoms with Crippen molar-refractivity contribution in [2.24, 2.45) is 0 Å². The van der Waals surface area contributed by atoms with E-state index in [1.54, 1.807) is 0 Å². The van der Waals surface area contributed by atoms with E-state index >= 15 is 0 Å². The van der Waals surface area contributed by atoms with Crippen LogP contribution in [0.3, 0.4) is 0 Å². The lowest BCUT2D eigenvalue weighted by atomic mass is 10.1. The second kappa shape index (κ2) is 10.8. The molecule has 0 saturated heterocycles. The molecule has 0 aliphatic heterocycles. The van der Waals surface area contributed by atoms with Crippen LogP contribution in [0.15, 0.2) is 60.7 Å². The maximum atomic E-state index is 12.5. The summed E-state index contributed by atoms with van der Waals surface area (Å²) in [4.78, 5) is 14.4. The second-order valence-corrected chi connectivity index (χ2v) is 5.32. The number of rotatable bonds is 8. The van der Waals surface area contributed by atoms with Gasteiger partial charge in [-0.2, -0.15) is 0 Å². The average Bonchev–Trinajstić information content (AvgIpc) is 2.57. The Balaban J connectivity index is 0.00000264. The Bertz CT molecular complexity index is 560. The van der Waals surface area contributed by atoms with Gasteiger partial charge in [-0.1, -0.05) is 48.5 Å². The van der Waals surface area contributed by atoms with Gasteiger partial charge in [0.05, 0.1) is 0 Å². The predicted octanol–water partition coefficient (Wildman–Crippen LogP) is 3.68. The van der Waals surface area contributed by atoms with Gasteiger partial charge in [0.1, 0.15) is 0 Å². The van der Waals surface area contributed by atoms with Crippen LogP contribution in [0.4, 0.5) is 5.69 Å². The van der Waals surface area contributed by atoms with Crippen molar-refractivity contribution in [3.8, 4) is 0 Å². The van der Waals surface area contributed by atoms with E-state index in [-0.39, 0.29) is 18.3 Å². The monoisotopic (exact) mass is 332 g/mol.